The van der Waals surface area contributed by atoms with E-state index in [1.165, 1.54) is 16.9 Å². The smallest absolute Gasteiger partial charge is 0.293 e. The van der Waals surface area contributed by atoms with E-state index in [4.69, 9.17) is 6.42 Å². The van der Waals surface area contributed by atoms with Gasteiger partial charge in [-0.05, 0) is 42.6 Å². The molecule has 3 rings (SSSR count). The second-order valence-electron chi connectivity index (χ2n) is 4.93. The predicted octanol–water partition coefficient (Wildman–Crippen LogP) is 2.80. The minimum absolute atomic E-state index is 0.328. The number of fused-ring (bicyclic) bond motifs is 1. The highest BCUT2D eigenvalue weighted by Gasteiger charge is 2.14. The van der Waals surface area contributed by atoms with Crippen LogP contribution in [0.5, 0.6) is 0 Å². The number of terminal acetylenes is 1. The van der Waals surface area contributed by atoms with Crippen molar-refractivity contribution in [2.75, 3.05) is 0 Å². The number of amides is 1. The molecule has 0 bridgehead atoms. The molecule has 0 N–H and O–H groups in total. The van der Waals surface area contributed by atoms with Crippen LogP contribution in [0.3, 0.4) is 0 Å². The summed E-state index contributed by atoms with van der Waals surface area (Å²) >= 11 is 2.53. The van der Waals surface area contributed by atoms with Crippen molar-refractivity contribution in [2.24, 2.45) is 4.99 Å². The van der Waals surface area contributed by atoms with E-state index < -0.39 is 0 Å². The summed E-state index contributed by atoms with van der Waals surface area (Å²) in [5, 5.41) is 3.86. The molecular formula is C16H14N4OS2. The van der Waals surface area contributed by atoms with E-state index in [0.717, 1.165) is 28.2 Å². The van der Waals surface area contributed by atoms with Gasteiger partial charge in [0.25, 0.3) is 5.91 Å². The summed E-state index contributed by atoms with van der Waals surface area (Å²) in [5.74, 6) is 2.30. The molecule has 0 unspecified atom stereocenters. The summed E-state index contributed by atoms with van der Waals surface area (Å²) in [6.07, 6.45) is 6.43. The van der Waals surface area contributed by atoms with E-state index in [2.05, 4.69) is 39.6 Å². The van der Waals surface area contributed by atoms with Gasteiger partial charge < -0.3 is 4.57 Å². The van der Waals surface area contributed by atoms with Crippen molar-refractivity contribution in [2.45, 2.75) is 26.8 Å². The minimum Gasteiger partial charge on any atom is -0.305 e. The number of nitrogens with zero attached hydrogens (tertiary/aromatic N) is 4. The van der Waals surface area contributed by atoms with E-state index in [1.807, 2.05) is 10.6 Å². The predicted molar refractivity (Wildman–Crippen MR) is 92.6 cm³/mol. The summed E-state index contributed by atoms with van der Waals surface area (Å²) in [6.45, 7) is 4.23. The van der Waals surface area contributed by atoms with Gasteiger partial charge in [0.1, 0.15) is 4.88 Å². The number of benzene rings is 1. The van der Waals surface area contributed by atoms with E-state index in [0.29, 0.717) is 21.9 Å². The summed E-state index contributed by atoms with van der Waals surface area (Å²) in [7, 11) is 0. The van der Waals surface area contributed by atoms with Crippen LogP contribution in [0.2, 0.25) is 0 Å². The van der Waals surface area contributed by atoms with Crippen molar-refractivity contribution in [3.63, 3.8) is 0 Å². The van der Waals surface area contributed by atoms with Gasteiger partial charge in [-0.15, -0.1) is 11.5 Å². The van der Waals surface area contributed by atoms with Crippen molar-refractivity contribution < 1.29 is 4.79 Å². The number of hydrogen-bond donors (Lipinski definition) is 0. The summed E-state index contributed by atoms with van der Waals surface area (Å²) < 4.78 is 6.75. The van der Waals surface area contributed by atoms with Gasteiger partial charge in [-0.2, -0.15) is 4.99 Å². The number of rotatable bonds is 3. The molecule has 0 saturated heterocycles. The van der Waals surface area contributed by atoms with Crippen LogP contribution in [-0.2, 0) is 13.0 Å². The van der Waals surface area contributed by atoms with E-state index in [1.54, 1.807) is 6.92 Å². The van der Waals surface area contributed by atoms with Crippen molar-refractivity contribution >= 4 is 39.0 Å². The van der Waals surface area contributed by atoms with Crippen LogP contribution >= 0.6 is 22.9 Å². The van der Waals surface area contributed by atoms with Crippen molar-refractivity contribution in [1.29, 1.82) is 0 Å². The topological polar surface area (TPSA) is 60.1 Å². The Morgan fingerprint density at radius 2 is 2.30 bits per heavy atom. The molecule has 0 atom stereocenters. The number of aromatic nitrogens is 3. The molecule has 0 spiro atoms. The lowest BCUT2D eigenvalue weighted by atomic mass is 10.2. The quantitative estimate of drug-likeness (QED) is 0.688. The van der Waals surface area contributed by atoms with Gasteiger partial charge in [0.05, 0.1) is 22.5 Å². The zero-order chi connectivity index (χ0) is 16.4. The maximum absolute atomic E-state index is 12.4. The van der Waals surface area contributed by atoms with Crippen LogP contribution in [-0.4, -0.2) is 20.1 Å². The highest BCUT2D eigenvalue weighted by atomic mass is 32.1. The maximum atomic E-state index is 12.4. The number of aryl methyl sites for hydroxylation is 2. The third-order valence-electron chi connectivity index (χ3n) is 3.45. The fraction of sp³-hybridized carbons (Fsp3) is 0.250. The van der Waals surface area contributed by atoms with Gasteiger partial charge in [-0.25, -0.2) is 0 Å². The standard InChI is InChI=1S/C16H14N4OS2/c1-4-8-20-12-7-6-11(5-2)9-13(12)22-16(20)17-15(21)14-10(3)18-19-23-14/h1,6-7,9H,5,8H2,2-3H3. The molecule has 0 fully saturated rings. The molecule has 1 aromatic carbocycles. The Kier molecular flexibility index (Phi) is 4.37. The van der Waals surface area contributed by atoms with Gasteiger partial charge in [-0.1, -0.05) is 34.7 Å². The first kappa shape index (κ1) is 15.6. The Labute approximate surface area is 141 Å². The second-order valence-corrected chi connectivity index (χ2v) is 6.70. The average Bonchev–Trinajstić information content (AvgIpc) is 3.11. The van der Waals surface area contributed by atoms with E-state index >= 15 is 0 Å². The highest BCUT2D eigenvalue weighted by Crippen LogP contribution is 2.20. The van der Waals surface area contributed by atoms with E-state index in [9.17, 15) is 4.79 Å². The van der Waals surface area contributed by atoms with Crippen LogP contribution in [0.4, 0.5) is 0 Å². The average molecular weight is 342 g/mol. The molecule has 2 aromatic heterocycles. The van der Waals surface area contributed by atoms with Crippen molar-refractivity contribution in [1.82, 2.24) is 14.2 Å². The normalized spacial score (nSPS) is 11.8. The summed E-state index contributed by atoms with van der Waals surface area (Å²) in [5.41, 5.74) is 2.84. The van der Waals surface area contributed by atoms with Gasteiger partial charge in [-0.3, -0.25) is 4.79 Å². The third-order valence-corrected chi connectivity index (χ3v) is 5.30. The number of carbonyl (C=O) groups is 1. The van der Waals surface area contributed by atoms with Crippen molar-refractivity contribution in [3.05, 3.63) is 39.1 Å². The van der Waals surface area contributed by atoms with Crippen LogP contribution in [0.25, 0.3) is 10.2 Å². The number of carbonyl (C=O) groups excluding carboxylic acids is 1. The Balaban J connectivity index is 2.18. The summed E-state index contributed by atoms with van der Waals surface area (Å²) in [6, 6.07) is 6.23. The zero-order valence-electron chi connectivity index (χ0n) is 12.7. The fourth-order valence-electron chi connectivity index (χ4n) is 2.23. The Morgan fingerprint density at radius 1 is 1.48 bits per heavy atom. The Bertz CT molecular complexity index is 988. The molecule has 116 valence electrons. The molecule has 1 amide bonds. The fourth-order valence-corrected chi connectivity index (χ4v) is 3.87. The lowest BCUT2D eigenvalue weighted by Gasteiger charge is -2.00. The van der Waals surface area contributed by atoms with E-state index in [-0.39, 0.29) is 5.91 Å². The first-order valence-corrected chi connectivity index (χ1v) is 8.66. The lowest BCUT2D eigenvalue weighted by molar-refractivity contribution is 0.100. The van der Waals surface area contributed by atoms with Crippen LogP contribution < -0.4 is 4.80 Å². The molecule has 3 aromatic rings. The van der Waals surface area contributed by atoms with Crippen LogP contribution in [0.15, 0.2) is 23.2 Å². The molecule has 0 aliphatic rings. The Hall–Kier alpha value is -2.30. The molecule has 0 aliphatic heterocycles. The molecule has 23 heavy (non-hydrogen) atoms. The van der Waals surface area contributed by atoms with Crippen LogP contribution in [0, 0.1) is 19.3 Å². The molecule has 0 saturated carbocycles. The highest BCUT2D eigenvalue weighted by molar-refractivity contribution is 7.16. The first-order chi connectivity index (χ1) is 11.1. The minimum atomic E-state index is -0.328. The Morgan fingerprint density at radius 3 is 2.96 bits per heavy atom. The lowest BCUT2D eigenvalue weighted by Crippen LogP contribution is -2.16. The zero-order valence-corrected chi connectivity index (χ0v) is 14.4. The monoisotopic (exact) mass is 342 g/mol. The SMILES string of the molecule is C#CCn1c(=NC(=O)c2snnc2C)sc2cc(CC)ccc21. The summed E-state index contributed by atoms with van der Waals surface area (Å²) in [4.78, 5) is 17.7. The molecule has 0 aliphatic carbocycles. The molecule has 5 nitrogen and oxygen atoms in total. The number of hydrogen-bond acceptors (Lipinski definition) is 5. The molecule has 7 heteroatoms. The van der Waals surface area contributed by atoms with Gasteiger partial charge in [0.15, 0.2) is 4.80 Å². The van der Waals surface area contributed by atoms with Crippen molar-refractivity contribution in [3.8, 4) is 12.3 Å². The number of thiazole rings is 1. The van der Waals surface area contributed by atoms with Gasteiger partial charge in [0.2, 0.25) is 0 Å². The third kappa shape index (κ3) is 2.96. The second kappa shape index (κ2) is 6.44. The maximum Gasteiger partial charge on any atom is 0.293 e. The molecule has 2 heterocycles. The molecule has 0 radical (unpaired) electrons. The molecular weight excluding hydrogens is 328 g/mol. The first-order valence-electron chi connectivity index (χ1n) is 7.07. The van der Waals surface area contributed by atoms with Gasteiger partial charge >= 0.3 is 0 Å². The van der Waals surface area contributed by atoms with Gasteiger partial charge in [0, 0.05) is 0 Å². The largest absolute Gasteiger partial charge is 0.305 e. The van der Waals surface area contributed by atoms with Crippen LogP contribution in [0.1, 0.15) is 27.9 Å².